The number of aliphatic carboxylic acids is 1. The number of carboxylic acid groups (broad SMARTS) is 1. The first-order valence-corrected chi connectivity index (χ1v) is 9.14. The highest BCUT2D eigenvalue weighted by atomic mass is 19.4. The normalized spacial score (nSPS) is 14.6. The van der Waals surface area contributed by atoms with Gasteiger partial charge >= 0.3 is 18.1 Å². The number of carbonyl (C=O) groups is 5. The average molecular weight is 453 g/mol. The molecule has 176 valence electrons. The minimum Gasteiger partial charge on any atom is -0.475 e. The number of amides is 3. The third kappa shape index (κ3) is 11.7. The van der Waals surface area contributed by atoms with Crippen LogP contribution in [0.25, 0.3) is 0 Å². The molecule has 0 radical (unpaired) electrons. The summed E-state index contributed by atoms with van der Waals surface area (Å²) in [6.45, 7) is 5.28. The predicted molar refractivity (Wildman–Crippen MR) is 100 cm³/mol. The summed E-state index contributed by atoms with van der Waals surface area (Å²) in [7, 11) is 0. The van der Waals surface area contributed by atoms with Crippen molar-refractivity contribution in [1.29, 1.82) is 0 Å². The first-order valence-electron chi connectivity index (χ1n) is 9.14. The van der Waals surface area contributed by atoms with E-state index in [2.05, 4.69) is 5.32 Å². The molecule has 0 aliphatic carbocycles. The van der Waals surface area contributed by atoms with Gasteiger partial charge in [-0.05, 0) is 40.0 Å². The predicted octanol–water partition coefficient (Wildman–Crippen LogP) is 0.500. The molecule has 0 bridgehead atoms. The lowest BCUT2D eigenvalue weighted by Crippen LogP contribution is -2.46. The number of imide groups is 1. The summed E-state index contributed by atoms with van der Waals surface area (Å²) in [5.41, 5.74) is 4.60. The molecule has 0 saturated heterocycles. The Morgan fingerprint density at radius 1 is 1.13 bits per heavy atom. The zero-order valence-electron chi connectivity index (χ0n) is 17.3. The minimum absolute atomic E-state index is 0.220. The van der Waals surface area contributed by atoms with Crippen molar-refractivity contribution >= 4 is 29.7 Å². The molecule has 4 N–H and O–H groups in total. The Morgan fingerprint density at radius 2 is 1.61 bits per heavy atom. The van der Waals surface area contributed by atoms with Crippen LogP contribution in [0.2, 0.25) is 0 Å². The molecule has 13 heteroatoms. The van der Waals surface area contributed by atoms with Crippen molar-refractivity contribution in [2.45, 2.75) is 57.9 Å². The Hall–Kier alpha value is -2.96. The van der Waals surface area contributed by atoms with Crippen LogP contribution in [0.1, 0.15) is 40.0 Å². The quantitative estimate of drug-likeness (QED) is 0.273. The lowest BCUT2D eigenvalue weighted by atomic mass is 10.1. The number of ether oxygens (including phenoxy) is 1. The van der Waals surface area contributed by atoms with Crippen molar-refractivity contribution in [3.8, 4) is 0 Å². The van der Waals surface area contributed by atoms with Crippen molar-refractivity contribution < 1.29 is 47.0 Å². The zero-order valence-corrected chi connectivity index (χ0v) is 17.3. The second-order valence-electron chi connectivity index (χ2n) is 7.32. The number of hydrogen-bond donors (Lipinski definition) is 3. The van der Waals surface area contributed by atoms with E-state index in [1.165, 1.54) is 12.2 Å². The first-order chi connectivity index (χ1) is 14.1. The Kier molecular flexibility index (Phi) is 10.9. The molecule has 0 fully saturated rings. The van der Waals surface area contributed by atoms with Gasteiger partial charge in [0.15, 0.2) is 0 Å². The Labute approximate surface area is 176 Å². The fraction of sp³-hybridized carbons (Fsp3) is 0.611. The van der Waals surface area contributed by atoms with Crippen molar-refractivity contribution in [2.75, 3.05) is 13.1 Å². The molecule has 1 unspecified atom stereocenters. The molecular weight excluding hydrogens is 427 g/mol. The summed E-state index contributed by atoms with van der Waals surface area (Å²) in [6, 6.07) is -0.802. The van der Waals surface area contributed by atoms with Crippen LogP contribution in [-0.2, 0) is 28.7 Å². The second kappa shape index (κ2) is 12.0. The minimum atomic E-state index is -5.08. The third-order valence-corrected chi connectivity index (χ3v) is 3.48. The number of hydrogen-bond acceptors (Lipinski definition) is 7. The summed E-state index contributed by atoms with van der Waals surface area (Å²) in [5.74, 6) is -4.40. The molecule has 1 atom stereocenters. The van der Waals surface area contributed by atoms with Gasteiger partial charge in [-0.25, -0.2) is 9.59 Å². The van der Waals surface area contributed by atoms with Crippen LogP contribution in [0.15, 0.2) is 12.2 Å². The van der Waals surface area contributed by atoms with E-state index in [1.807, 2.05) is 0 Å². The lowest BCUT2D eigenvalue weighted by Gasteiger charge is -2.24. The van der Waals surface area contributed by atoms with E-state index in [4.69, 9.17) is 20.4 Å². The maximum Gasteiger partial charge on any atom is 0.490 e. The molecule has 0 saturated carbocycles. The maximum atomic E-state index is 12.2. The van der Waals surface area contributed by atoms with Crippen LogP contribution in [0.5, 0.6) is 0 Å². The molecule has 1 rings (SSSR count). The zero-order chi connectivity index (χ0) is 24.4. The summed E-state index contributed by atoms with van der Waals surface area (Å²) in [4.78, 5) is 56.5. The highest BCUT2D eigenvalue weighted by Crippen LogP contribution is 2.14. The molecule has 3 amide bonds. The van der Waals surface area contributed by atoms with Gasteiger partial charge in [-0.2, -0.15) is 13.2 Å². The number of nitrogens with two attached hydrogens (primary N) is 1. The molecule has 0 aromatic rings. The summed E-state index contributed by atoms with van der Waals surface area (Å²) in [6.07, 6.45) is -1.23. The Balaban J connectivity index is 0.00000110. The summed E-state index contributed by atoms with van der Waals surface area (Å²) in [5, 5.41) is 9.66. The van der Waals surface area contributed by atoms with E-state index in [0.717, 1.165) is 4.90 Å². The Bertz CT molecular complexity index is 697. The topological polar surface area (TPSA) is 156 Å². The largest absolute Gasteiger partial charge is 0.490 e. The molecule has 10 nitrogen and oxygen atoms in total. The van der Waals surface area contributed by atoms with E-state index in [1.54, 1.807) is 20.8 Å². The van der Waals surface area contributed by atoms with E-state index >= 15 is 0 Å². The van der Waals surface area contributed by atoms with Gasteiger partial charge in [-0.3, -0.25) is 19.3 Å². The fourth-order valence-electron chi connectivity index (χ4n) is 2.15. The average Bonchev–Trinajstić information content (AvgIpc) is 2.93. The lowest BCUT2D eigenvalue weighted by molar-refractivity contribution is -0.192. The second-order valence-corrected chi connectivity index (χ2v) is 7.32. The molecule has 1 aliphatic heterocycles. The monoisotopic (exact) mass is 453 g/mol. The third-order valence-electron chi connectivity index (χ3n) is 3.48. The van der Waals surface area contributed by atoms with E-state index in [-0.39, 0.29) is 24.9 Å². The van der Waals surface area contributed by atoms with Gasteiger partial charge in [0, 0.05) is 18.7 Å². The van der Waals surface area contributed by atoms with Crippen molar-refractivity contribution in [2.24, 2.45) is 5.73 Å². The molecule has 1 heterocycles. The van der Waals surface area contributed by atoms with Gasteiger partial charge in [0.05, 0.1) is 6.54 Å². The molecule has 31 heavy (non-hydrogen) atoms. The van der Waals surface area contributed by atoms with Crippen molar-refractivity contribution in [3.63, 3.8) is 0 Å². The van der Waals surface area contributed by atoms with Gasteiger partial charge in [0.25, 0.3) is 11.8 Å². The van der Waals surface area contributed by atoms with E-state index < -0.39 is 35.7 Å². The number of alkyl halides is 3. The van der Waals surface area contributed by atoms with Gasteiger partial charge < -0.3 is 20.9 Å². The van der Waals surface area contributed by atoms with Crippen LogP contribution < -0.4 is 11.1 Å². The van der Waals surface area contributed by atoms with Gasteiger partial charge in [-0.1, -0.05) is 0 Å². The number of nitrogens with one attached hydrogen (secondary N) is 1. The molecule has 0 aromatic heterocycles. The number of nitrogens with zero attached hydrogens (tertiary/aromatic N) is 1. The van der Waals surface area contributed by atoms with E-state index in [0.29, 0.717) is 19.3 Å². The van der Waals surface area contributed by atoms with Gasteiger partial charge in [0.1, 0.15) is 11.6 Å². The Morgan fingerprint density at radius 3 is 2.00 bits per heavy atom. The standard InChI is InChI=1S/C16H25N3O5.C2HF3O2/c1-16(2,3)24-15(23)11(18-12(20)10-17)6-4-5-9-19-13(21)7-8-14(19)22;3-2(4,5)1(6)7/h7-8,11H,4-6,9-10,17H2,1-3H3,(H,18,20);(H,6,7). The smallest absolute Gasteiger partial charge is 0.475 e. The van der Waals surface area contributed by atoms with Crippen LogP contribution >= 0.6 is 0 Å². The van der Waals surface area contributed by atoms with Gasteiger partial charge in [-0.15, -0.1) is 0 Å². The number of esters is 1. The first kappa shape index (κ1) is 28.0. The number of carboxylic acids is 1. The SMILES string of the molecule is CC(C)(C)OC(=O)C(CCCCN1C(=O)C=CC1=O)NC(=O)CN.O=C(O)C(F)(F)F. The fourth-order valence-corrected chi connectivity index (χ4v) is 2.15. The summed E-state index contributed by atoms with van der Waals surface area (Å²) < 4.78 is 37.0. The number of unbranched alkanes of at least 4 members (excludes halogenated alkanes) is 1. The summed E-state index contributed by atoms with van der Waals surface area (Å²) >= 11 is 0. The maximum absolute atomic E-state index is 12.2. The molecule has 0 aromatic carbocycles. The molecule has 1 aliphatic rings. The number of carbonyl (C=O) groups excluding carboxylic acids is 4. The van der Waals surface area contributed by atoms with Crippen LogP contribution in [-0.4, -0.2) is 70.6 Å². The van der Waals surface area contributed by atoms with Crippen LogP contribution in [0, 0.1) is 0 Å². The van der Waals surface area contributed by atoms with Crippen molar-refractivity contribution in [3.05, 3.63) is 12.2 Å². The van der Waals surface area contributed by atoms with Crippen molar-refractivity contribution in [1.82, 2.24) is 10.2 Å². The van der Waals surface area contributed by atoms with Crippen LogP contribution in [0.4, 0.5) is 13.2 Å². The molecular formula is C18H26F3N3O7. The highest BCUT2D eigenvalue weighted by Gasteiger charge is 2.38. The van der Waals surface area contributed by atoms with E-state index in [9.17, 15) is 32.3 Å². The highest BCUT2D eigenvalue weighted by molar-refractivity contribution is 6.12. The van der Waals surface area contributed by atoms with Gasteiger partial charge in [0.2, 0.25) is 5.91 Å². The number of halogens is 3. The molecule has 0 spiro atoms. The van der Waals surface area contributed by atoms with Crippen LogP contribution in [0.3, 0.4) is 0 Å². The number of rotatable bonds is 8.